The van der Waals surface area contributed by atoms with Crippen molar-refractivity contribution in [3.63, 3.8) is 0 Å². The topological polar surface area (TPSA) is 30.5 Å². The Balaban J connectivity index is 2.58. The molecule has 0 saturated heterocycles. The summed E-state index contributed by atoms with van der Waals surface area (Å²) in [5.74, 6) is 1.63. The monoisotopic (exact) mass is 371 g/mol. The molecule has 1 aromatic carbocycles. The SMILES string of the molecule is CCCCCCCNCc1cc(Br)cc(OC)c1OC(C)C. The third-order valence-electron chi connectivity index (χ3n) is 3.44. The highest BCUT2D eigenvalue weighted by atomic mass is 79.9. The number of hydrogen-bond acceptors (Lipinski definition) is 3. The van der Waals surface area contributed by atoms with Crippen LogP contribution in [0.25, 0.3) is 0 Å². The molecular weight excluding hydrogens is 342 g/mol. The van der Waals surface area contributed by atoms with Crippen LogP contribution in [0.5, 0.6) is 11.5 Å². The van der Waals surface area contributed by atoms with Gasteiger partial charge in [-0.2, -0.15) is 0 Å². The summed E-state index contributed by atoms with van der Waals surface area (Å²) in [4.78, 5) is 0. The van der Waals surface area contributed by atoms with Gasteiger partial charge in [-0.3, -0.25) is 0 Å². The van der Waals surface area contributed by atoms with Crippen LogP contribution in [0.15, 0.2) is 16.6 Å². The van der Waals surface area contributed by atoms with Crippen LogP contribution < -0.4 is 14.8 Å². The number of methoxy groups -OCH3 is 1. The van der Waals surface area contributed by atoms with Crippen LogP contribution in [0.2, 0.25) is 0 Å². The smallest absolute Gasteiger partial charge is 0.166 e. The van der Waals surface area contributed by atoms with E-state index in [1.807, 2.05) is 19.9 Å². The van der Waals surface area contributed by atoms with Crippen LogP contribution in [0.1, 0.15) is 58.4 Å². The summed E-state index contributed by atoms with van der Waals surface area (Å²) in [5, 5.41) is 3.51. The summed E-state index contributed by atoms with van der Waals surface area (Å²) in [5.41, 5.74) is 1.13. The van der Waals surface area contributed by atoms with E-state index in [2.05, 4.69) is 34.2 Å². The molecule has 0 atom stereocenters. The lowest BCUT2D eigenvalue weighted by Gasteiger charge is -2.18. The van der Waals surface area contributed by atoms with E-state index in [1.54, 1.807) is 7.11 Å². The van der Waals surface area contributed by atoms with Gasteiger partial charge in [-0.1, -0.05) is 48.5 Å². The number of rotatable bonds is 11. The van der Waals surface area contributed by atoms with E-state index in [0.29, 0.717) is 0 Å². The second-order valence-corrected chi connectivity index (χ2v) is 6.77. The molecule has 1 rings (SSSR count). The van der Waals surface area contributed by atoms with Gasteiger partial charge in [0.15, 0.2) is 11.5 Å². The predicted molar refractivity (Wildman–Crippen MR) is 96.9 cm³/mol. The molecule has 0 aliphatic heterocycles. The molecule has 1 N–H and O–H groups in total. The van der Waals surface area contributed by atoms with Gasteiger partial charge in [0, 0.05) is 16.6 Å². The van der Waals surface area contributed by atoms with E-state index in [1.165, 1.54) is 32.1 Å². The standard InChI is InChI=1S/C18H30BrNO2/c1-5-6-7-8-9-10-20-13-15-11-16(19)12-17(21-4)18(15)22-14(2)3/h11-12,14,20H,5-10,13H2,1-4H3. The zero-order valence-corrected chi connectivity index (χ0v) is 16.0. The van der Waals surface area contributed by atoms with Crippen molar-refractivity contribution in [2.24, 2.45) is 0 Å². The highest BCUT2D eigenvalue weighted by molar-refractivity contribution is 9.10. The van der Waals surface area contributed by atoms with Crippen molar-refractivity contribution in [1.82, 2.24) is 5.32 Å². The lowest BCUT2D eigenvalue weighted by Crippen LogP contribution is -2.17. The Morgan fingerprint density at radius 1 is 1.14 bits per heavy atom. The second-order valence-electron chi connectivity index (χ2n) is 5.85. The zero-order chi connectivity index (χ0) is 16.4. The normalized spacial score (nSPS) is 11.0. The highest BCUT2D eigenvalue weighted by Crippen LogP contribution is 2.35. The van der Waals surface area contributed by atoms with E-state index < -0.39 is 0 Å². The minimum atomic E-state index is 0.128. The number of halogens is 1. The average molecular weight is 372 g/mol. The Labute approximate surface area is 143 Å². The first-order chi connectivity index (χ1) is 10.6. The quantitative estimate of drug-likeness (QED) is 0.535. The molecule has 4 heteroatoms. The molecule has 0 amide bonds. The van der Waals surface area contributed by atoms with Gasteiger partial charge in [-0.05, 0) is 38.9 Å². The minimum Gasteiger partial charge on any atom is -0.493 e. The summed E-state index contributed by atoms with van der Waals surface area (Å²) < 4.78 is 12.4. The second kappa shape index (κ2) is 10.9. The van der Waals surface area contributed by atoms with Crippen LogP contribution in [-0.2, 0) is 6.54 Å². The third kappa shape index (κ3) is 7.01. The van der Waals surface area contributed by atoms with Crippen LogP contribution in [-0.4, -0.2) is 19.8 Å². The first-order valence-electron chi connectivity index (χ1n) is 8.32. The fourth-order valence-corrected chi connectivity index (χ4v) is 2.84. The first kappa shape index (κ1) is 19.3. The van der Waals surface area contributed by atoms with Crippen LogP contribution in [0, 0.1) is 0 Å². The molecule has 0 spiro atoms. The molecular formula is C18H30BrNO2. The maximum absolute atomic E-state index is 5.95. The van der Waals surface area contributed by atoms with Crippen LogP contribution in [0.4, 0.5) is 0 Å². The fraction of sp³-hybridized carbons (Fsp3) is 0.667. The van der Waals surface area contributed by atoms with Gasteiger partial charge in [0.05, 0.1) is 13.2 Å². The van der Waals surface area contributed by atoms with E-state index in [4.69, 9.17) is 9.47 Å². The molecule has 126 valence electrons. The van der Waals surface area contributed by atoms with Crippen molar-refractivity contribution >= 4 is 15.9 Å². The Kier molecular flexibility index (Phi) is 9.56. The summed E-state index contributed by atoms with van der Waals surface area (Å²) in [7, 11) is 1.68. The van der Waals surface area contributed by atoms with Crippen LogP contribution >= 0.6 is 15.9 Å². The number of nitrogens with one attached hydrogen (secondary N) is 1. The van der Waals surface area contributed by atoms with Crippen molar-refractivity contribution < 1.29 is 9.47 Å². The highest BCUT2D eigenvalue weighted by Gasteiger charge is 2.13. The molecule has 0 radical (unpaired) electrons. The van der Waals surface area contributed by atoms with E-state index in [-0.39, 0.29) is 6.10 Å². The molecule has 0 aliphatic rings. The predicted octanol–water partition coefficient (Wildman–Crippen LogP) is 5.30. The van der Waals surface area contributed by atoms with Crippen molar-refractivity contribution in [3.8, 4) is 11.5 Å². The third-order valence-corrected chi connectivity index (χ3v) is 3.90. The molecule has 3 nitrogen and oxygen atoms in total. The number of ether oxygens (including phenoxy) is 2. The van der Waals surface area contributed by atoms with Gasteiger partial charge in [-0.25, -0.2) is 0 Å². The molecule has 0 aromatic heterocycles. The van der Waals surface area contributed by atoms with Crippen molar-refractivity contribution in [1.29, 1.82) is 0 Å². The van der Waals surface area contributed by atoms with Crippen molar-refractivity contribution in [2.45, 2.75) is 65.5 Å². The molecule has 0 saturated carbocycles. The molecule has 0 unspecified atom stereocenters. The summed E-state index contributed by atoms with van der Waals surface area (Å²) >= 11 is 3.54. The van der Waals surface area contributed by atoms with Gasteiger partial charge >= 0.3 is 0 Å². The molecule has 0 fully saturated rings. The molecule has 0 heterocycles. The van der Waals surface area contributed by atoms with Gasteiger partial charge in [0.25, 0.3) is 0 Å². The van der Waals surface area contributed by atoms with Crippen molar-refractivity contribution in [3.05, 3.63) is 22.2 Å². The maximum atomic E-state index is 5.95. The molecule has 0 aliphatic carbocycles. The average Bonchev–Trinajstić information content (AvgIpc) is 2.48. The minimum absolute atomic E-state index is 0.128. The Hall–Kier alpha value is -0.740. The van der Waals surface area contributed by atoms with Gasteiger partial charge in [0.1, 0.15) is 0 Å². The van der Waals surface area contributed by atoms with Gasteiger partial charge < -0.3 is 14.8 Å². The molecule has 22 heavy (non-hydrogen) atoms. The summed E-state index contributed by atoms with van der Waals surface area (Å²) in [6.45, 7) is 8.15. The first-order valence-corrected chi connectivity index (χ1v) is 9.11. The van der Waals surface area contributed by atoms with Crippen LogP contribution in [0.3, 0.4) is 0 Å². The summed E-state index contributed by atoms with van der Waals surface area (Å²) in [6.07, 6.45) is 6.63. The van der Waals surface area contributed by atoms with E-state index in [0.717, 1.165) is 34.6 Å². The van der Waals surface area contributed by atoms with E-state index in [9.17, 15) is 0 Å². The molecule has 0 bridgehead atoms. The maximum Gasteiger partial charge on any atom is 0.166 e. The molecule has 1 aromatic rings. The number of benzene rings is 1. The largest absolute Gasteiger partial charge is 0.493 e. The van der Waals surface area contributed by atoms with Gasteiger partial charge in [0.2, 0.25) is 0 Å². The van der Waals surface area contributed by atoms with Crippen molar-refractivity contribution in [2.75, 3.05) is 13.7 Å². The number of hydrogen-bond donors (Lipinski definition) is 1. The van der Waals surface area contributed by atoms with Gasteiger partial charge in [-0.15, -0.1) is 0 Å². The lowest BCUT2D eigenvalue weighted by molar-refractivity contribution is 0.227. The Morgan fingerprint density at radius 2 is 1.86 bits per heavy atom. The van der Waals surface area contributed by atoms with E-state index >= 15 is 0 Å². The fourth-order valence-electron chi connectivity index (χ4n) is 2.35. The Morgan fingerprint density at radius 3 is 2.50 bits per heavy atom. The lowest BCUT2D eigenvalue weighted by atomic mass is 10.1. The zero-order valence-electron chi connectivity index (χ0n) is 14.4. The number of unbranched alkanes of at least 4 members (excludes halogenated alkanes) is 4. The Bertz CT molecular complexity index is 435. The summed E-state index contributed by atoms with van der Waals surface area (Å²) in [6, 6.07) is 4.05.